The van der Waals surface area contributed by atoms with Gasteiger partial charge in [-0.1, -0.05) is 53.2 Å². The zero-order chi connectivity index (χ0) is 21.0. The molecule has 1 N–H and O–H groups in total. The van der Waals surface area contributed by atoms with E-state index in [2.05, 4.69) is 25.7 Å². The number of carbonyl (C=O) groups is 1. The van der Waals surface area contributed by atoms with Crippen molar-refractivity contribution in [2.45, 2.75) is 31.5 Å². The topological polar surface area (TPSA) is 94.8 Å². The summed E-state index contributed by atoms with van der Waals surface area (Å²) in [5.74, 6) is 1.10. The minimum Gasteiger partial charge on any atom is -0.481 e. The Morgan fingerprint density at radius 2 is 2.10 bits per heavy atom. The Hall–Kier alpha value is -1.88. The summed E-state index contributed by atoms with van der Waals surface area (Å²) in [6, 6.07) is 5.02. The number of nitrogens with zero attached hydrogens (tertiary/aromatic N) is 5. The zero-order valence-electron chi connectivity index (χ0n) is 15.8. The number of aromatic nitrogens is 5. The van der Waals surface area contributed by atoms with Crippen LogP contribution >= 0.6 is 46.3 Å². The predicted octanol–water partition coefficient (Wildman–Crippen LogP) is 4.41. The van der Waals surface area contributed by atoms with Crippen molar-refractivity contribution in [1.82, 2.24) is 25.0 Å². The van der Waals surface area contributed by atoms with Gasteiger partial charge < -0.3 is 9.30 Å². The van der Waals surface area contributed by atoms with Gasteiger partial charge in [-0.3, -0.25) is 10.1 Å². The number of benzene rings is 1. The molecule has 2 heterocycles. The first-order valence-electron chi connectivity index (χ1n) is 8.63. The lowest BCUT2D eigenvalue weighted by Crippen LogP contribution is -2.14. The highest BCUT2D eigenvalue weighted by Crippen LogP contribution is 2.31. The molecule has 12 heteroatoms. The number of ether oxygens (including phenoxy) is 1. The van der Waals surface area contributed by atoms with Gasteiger partial charge in [-0.25, -0.2) is 0 Å². The number of amides is 1. The van der Waals surface area contributed by atoms with Gasteiger partial charge in [0.1, 0.15) is 10.8 Å². The minimum atomic E-state index is -0.400. The Morgan fingerprint density at radius 3 is 2.79 bits per heavy atom. The fourth-order valence-electron chi connectivity index (χ4n) is 2.35. The molecule has 0 aliphatic heterocycles. The standard InChI is InChI=1S/C17H18Cl2N6O2S2/c1-4-14-21-23-16(29-14)20-13(26)8-28-17-24-22-15(25(17)3)9(2)27-12-6-5-10(18)7-11(12)19/h5-7,9H,4,8H2,1-3H3,(H,20,23,26). The van der Waals surface area contributed by atoms with Crippen LogP contribution in [0.5, 0.6) is 5.75 Å². The van der Waals surface area contributed by atoms with Crippen LogP contribution in [-0.4, -0.2) is 36.6 Å². The van der Waals surface area contributed by atoms with Crippen molar-refractivity contribution in [2.75, 3.05) is 11.1 Å². The molecule has 0 saturated carbocycles. The summed E-state index contributed by atoms with van der Waals surface area (Å²) in [4.78, 5) is 12.1. The highest BCUT2D eigenvalue weighted by molar-refractivity contribution is 7.99. The van der Waals surface area contributed by atoms with E-state index in [1.807, 2.05) is 20.9 Å². The Balaban J connectivity index is 1.58. The van der Waals surface area contributed by atoms with Crippen LogP contribution in [0.25, 0.3) is 0 Å². The molecule has 1 unspecified atom stereocenters. The lowest BCUT2D eigenvalue weighted by atomic mass is 10.3. The van der Waals surface area contributed by atoms with Crippen LogP contribution in [0.1, 0.15) is 30.8 Å². The first-order chi connectivity index (χ1) is 13.9. The summed E-state index contributed by atoms with van der Waals surface area (Å²) < 4.78 is 7.67. The predicted molar refractivity (Wildman–Crippen MR) is 115 cm³/mol. The largest absolute Gasteiger partial charge is 0.481 e. The maximum atomic E-state index is 12.1. The highest BCUT2D eigenvalue weighted by atomic mass is 35.5. The van der Waals surface area contributed by atoms with Gasteiger partial charge in [0.25, 0.3) is 0 Å². The molecular weight excluding hydrogens is 455 g/mol. The minimum absolute atomic E-state index is 0.172. The van der Waals surface area contributed by atoms with E-state index in [0.717, 1.165) is 11.4 Å². The van der Waals surface area contributed by atoms with E-state index >= 15 is 0 Å². The van der Waals surface area contributed by atoms with Gasteiger partial charge in [-0.05, 0) is 31.5 Å². The van der Waals surface area contributed by atoms with Crippen LogP contribution in [-0.2, 0) is 18.3 Å². The molecule has 0 saturated heterocycles. The van der Waals surface area contributed by atoms with Crippen LogP contribution in [0, 0.1) is 0 Å². The molecule has 29 heavy (non-hydrogen) atoms. The van der Waals surface area contributed by atoms with Crippen LogP contribution in [0.4, 0.5) is 5.13 Å². The Kier molecular flexibility index (Phi) is 7.33. The summed E-state index contributed by atoms with van der Waals surface area (Å²) in [7, 11) is 1.82. The average Bonchev–Trinajstić information content (AvgIpc) is 3.28. The molecule has 1 atom stereocenters. The van der Waals surface area contributed by atoms with Crippen molar-refractivity contribution >= 4 is 57.3 Å². The van der Waals surface area contributed by atoms with E-state index in [9.17, 15) is 4.79 Å². The van der Waals surface area contributed by atoms with Crippen molar-refractivity contribution in [1.29, 1.82) is 0 Å². The molecule has 0 aliphatic carbocycles. The van der Waals surface area contributed by atoms with Gasteiger partial charge >= 0.3 is 0 Å². The van der Waals surface area contributed by atoms with Crippen molar-refractivity contribution in [3.8, 4) is 5.75 Å². The van der Waals surface area contributed by atoms with Crippen LogP contribution in [0.15, 0.2) is 23.4 Å². The number of hydrogen-bond acceptors (Lipinski definition) is 8. The molecule has 2 aromatic heterocycles. The molecule has 8 nitrogen and oxygen atoms in total. The van der Waals surface area contributed by atoms with Crippen LogP contribution in [0.2, 0.25) is 10.0 Å². The summed E-state index contributed by atoms with van der Waals surface area (Å²) in [5.41, 5.74) is 0. The molecule has 3 rings (SSSR count). The Morgan fingerprint density at radius 1 is 1.31 bits per heavy atom. The molecule has 0 spiro atoms. The van der Waals surface area contributed by atoms with E-state index < -0.39 is 6.10 Å². The number of carbonyl (C=O) groups excluding carboxylic acids is 1. The van der Waals surface area contributed by atoms with E-state index in [0.29, 0.717) is 31.9 Å². The normalized spacial score (nSPS) is 12.0. The fraction of sp³-hybridized carbons (Fsp3) is 0.353. The number of nitrogens with one attached hydrogen (secondary N) is 1. The number of aryl methyl sites for hydroxylation is 1. The van der Waals surface area contributed by atoms with Crippen molar-refractivity contribution in [3.05, 3.63) is 39.1 Å². The highest BCUT2D eigenvalue weighted by Gasteiger charge is 2.19. The molecule has 0 radical (unpaired) electrons. The van der Waals surface area contributed by atoms with Gasteiger partial charge in [0.15, 0.2) is 17.1 Å². The lowest BCUT2D eigenvalue weighted by molar-refractivity contribution is -0.113. The summed E-state index contributed by atoms with van der Waals surface area (Å²) >= 11 is 14.7. The molecular formula is C17H18Cl2N6O2S2. The van der Waals surface area contributed by atoms with Gasteiger partial charge in [0.05, 0.1) is 10.8 Å². The van der Waals surface area contributed by atoms with Gasteiger partial charge in [-0.2, -0.15) is 0 Å². The third-order valence-corrected chi connectivity index (χ3v) is 6.31. The molecule has 1 amide bonds. The van der Waals surface area contributed by atoms with Gasteiger partial charge in [0, 0.05) is 12.1 Å². The maximum absolute atomic E-state index is 12.1. The smallest absolute Gasteiger partial charge is 0.236 e. The number of halogens is 2. The first-order valence-corrected chi connectivity index (χ1v) is 11.2. The summed E-state index contributed by atoms with van der Waals surface area (Å²) in [5, 5.41) is 21.9. The summed E-state index contributed by atoms with van der Waals surface area (Å²) in [6.45, 7) is 3.83. The monoisotopic (exact) mass is 472 g/mol. The molecule has 1 aromatic carbocycles. The zero-order valence-corrected chi connectivity index (χ0v) is 19.0. The first kappa shape index (κ1) is 21.8. The molecule has 0 bridgehead atoms. The second-order valence-corrected chi connectivity index (χ2v) is 8.77. The third-order valence-electron chi connectivity index (χ3n) is 3.78. The molecule has 154 valence electrons. The van der Waals surface area contributed by atoms with E-state index in [-0.39, 0.29) is 11.7 Å². The quantitative estimate of drug-likeness (QED) is 0.485. The third kappa shape index (κ3) is 5.59. The Labute approximate surface area is 186 Å². The number of thioether (sulfide) groups is 1. The van der Waals surface area contributed by atoms with Crippen LogP contribution < -0.4 is 10.1 Å². The van der Waals surface area contributed by atoms with Crippen molar-refractivity contribution in [2.24, 2.45) is 7.05 Å². The average molecular weight is 473 g/mol. The Bertz CT molecular complexity index is 1010. The lowest BCUT2D eigenvalue weighted by Gasteiger charge is -2.15. The second kappa shape index (κ2) is 9.75. The maximum Gasteiger partial charge on any atom is 0.236 e. The number of hydrogen-bond donors (Lipinski definition) is 1. The van der Waals surface area contributed by atoms with E-state index in [1.165, 1.54) is 23.1 Å². The van der Waals surface area contributed by atoms with Gasteiger partial charge in [0.2, 0.25) is 11.0 Å². The summed E-state index contributed by atoms with van der Waals surface area (Å²) in [6.07, 6.45) is 0.383. The molecule has 0 fully saturated rings. The van der Waals surface area contributed by atoms with Gasteiger partial charge in [-0.15, -0.1) is 20.4 Å². The van der Waals surface area contributed by atoms with Crippen molar-refractivity contribution in [3.63, 3.8) is 0 Å². The SMILES string of the molecule is CCc1nnc(NC(=O)CSc2nnc(C(C)Oc3ccc(Cl)cc3Cl)n2C)s1. The van der Waals surface area contributed by atoms with E-state index in [1.54, 1.807) is 22.8 Å². The number of rotatable bonds is 8. The van der Waals surface area contributed by atoms with Crippen LogP contribution in [0.3, 0.4) is 0 Å². The second-order valence-electron chi connectivity index (χ2n) is 5.93. The molecule has 3 aromatic rings. The van der Waals surface area contributed by atoms with E-state index in [4.69, 9.17) is 27.9 Å². The van der Waals surface area contributed by atoms with Crippen molar-refractivity contribution < 1.29 is 9.53 Å². The fourth-order valence-corrected chi connectivity index (χ4v) is 4.22. The molecule has 0 aliphatic rings. The number of anilines is 1.